The number of anilines is 2. The third-order valence-corrected chi connectivity index (χ3v) is 3.65. The lowest BCUT2D eigenvalue weighted by Crippen LogP contribution is -2.14. The van der Waals surface area contributed by atoms with Crippen molar-refractivity contribution in [3.05, 3.63) is 44.8 Å². The number of carbonyl (C=O) groups is 1. The van der Waals surface area contributed by atoms with Gasteiger partial charge in [-0.2, -0.15) is 0 Å². The lowest BCUT2D eigenvalue weighted by atomic mass is 10.1. The van der Waals surface area contributed by atoms with Gasteiger partial charge in [0.05, 0.1) is 11.4 Å². The standard InChI is InChI=1S/C13H10Br2N2O3/c14-6-4-7(15)12(8(16)5-6)17-13(20)11-9(18)2-1-3-10(11)19/h1-5,18-19H,16H2,(H,17,20). The molecule has 2 rings (SSSR count). The van der Waals surface area contributed by atoms with Crippen molar-refractivity contribution < 1.29 is 15.0 Å². The number of phenols is 2. The molecule has 1 amide bonds. The number of phenolic OH excluding ortho intramolecular Hbond substituents is 2. The van der Waals surface area contributed by atoms with Crippen molar-refractivity contribution in [2.45, 2.75) is 0 Å². The molecule has 0 atom stereocenters. The maximum absolute atomic E-state index is 12.1. The molecule has 0 unspecified atom stereocenters. The molecule has 5 nitrogen and oxygen atoms in total. The molecule has 0 aliphatic heterocycles. The molecule has 7 heteroatoms. The average molecular weight is 402 g/mol. The molecule has 20 heavy (non-hydrogen) atoms. The largest absolute Gasteiger partial charge is 0.507 e. The highest BCUT2D eigenvalue weighted by molar-refractivity contribution is 9.11. The van der Waals surface area contributed by atoms with Crippen LogP contribution in [0.3, 0.4) is 0 Å². The topological polar surface area (TPSA) is 95.6 Å². The van der Waals surface area contributed by atoms with E-state index in [1.165, 1.54) is 18.2 Å². The summed E-state index contributed by atoms with van der Waals surface area (Å²) in [6.07, 6.45) is 0. The summed E-state index contributed by atoms with van der Waals surface area (Å²) >= 11 is 6.57. The first-order valence-electron chi connectivity index (χ1n) is 5.47. The fourth-order valence-electron chi connectivity index (χ4n) is 1.66. The van der Waals surface area contributed by atoms with Gasteiger partial charge >= 0.3 is 0 Å². The lowest BCUT2D eigenvalue weighted by molar-refractivity contribution is 0.102. The highest BCUT2D eigenvalue weighted by Gasteiger charge is 2.18. The fraction of sp³-hybridized carbons (Fsp3) is 0. The Morgan fingerprint density at radius 1 is 1.15 bits per heavy atom. The van der Waals surface area contributed by atoms with Crippen molar-refractivity contribution >= 4 is 49.1 Å². The minimum atomic E-state index is -0.657. The monoisotopic (exact) mass is 400 g/mol. The Morgan fingerprint density at radius 2 is 1.75 bits per heavy atom. The summed E-state index contributed by atoms with van der Waals surface area (Å²) < 4.78 is 1.33. The van der Waals surface area contributed by atoms with Gasteiger partial charge in [0.2, 0.25) is 0 Å². The number of carbonyl (C=O) groups excluding carboxylic acids is 1. The van der Waals surface area contributed by atoms with Gasteiger partial charge < -0.3 is 21.3 Å². The van der Waals surface area contributed by atoms with Crippen LogP contribution < -0.4 is 11.1 Å². The van der Waals surface area contributed by atoms with Crippen LogP contribution >= 0.6 is 31.9 Å². The summed E-state index contributed by atoms with van der Waals surface area (Å²) in [6, 6.07) is 7.41. The minimum Gasteiger partial charge on any atom is -0.507 e. The van der Waals surface area contributed by atoms with Gasteiger partial charge in [0.25, 0.3) is 5.91 Å². The zero-order chi connectivity index (χ0) is 14.9. The van der Waals surface area contributed by atoms with E-state index in [-0.39, 0.29) is 17.1 Å². The van der Waals surface area contributed by atoms with Gasteiger partial charge in [0.15, 0.2) is 0 Å². The molecule has 0 aliphatic rings. The number of nitrogen functional groups attached to an aromatic ring is 1. The van der Waals surface area contributed by atoms with Crippen LogP contribution in [0.15, 0.2) is 39.3 Å². The van der Waals surface area contributed by atoms with Crippen LogP contribution in [0, 0.1) is 0 Å². The quantitative estimate of drug-likeness (QED) is 0.579. The zero-order valence-electron chi connectivity index (χ0n) is 10.0. The Bertz CT molecular complexity index is 646. The van der Waals surface area contributed by atoms with Gasteiger partial charge in [0, 0.05) is 8.95 Å². The summed E-state index contributed by atoms with van der Waals surface area (Å²) in [5.41, 5.74) is 6.32. The van der Waals surface area contributed by atoms with E-state index in [9.17, 15) is 15.0 Å². The average Bonchev–Trinajstić information content (AvgIpc) is 2.33. The van der Waals surface area contributed by atoms with Crippen LogP contribution in [-0.2, 0) is 0 Å². The van der Waals surface area contributed by atoms with Crippen molar-refractivity contribution in [3.63, 3.8) is 0 Å². The molecule has 0 fully saturated rings. The number of aromatic hydroxyl groups is 2. The zero-order valence-corrected chi connectivity index (χ0v) is 13.2. The van der Waals surface area contributed by atoms with E-state index in [0.717, 1.165) is 4.47 Å². The number of halogens is 2. The first-order chi connectivity index (χ1) is 9.40. The molecule has 0 aliphatic carbocycles. The second-order valence-electron chi connectivity index (χ2n) is 3.98. The highest BCUT2D eigenvalue weighted by atomic mass is 79.9. The summed E-state index contributed by atoms with van der Waals surface area (Å²) in [5, 5.41) is 21.9. The van der Waals surface area contributed by atoms with E-state index in [2.05, 4.69) is 37.2 Å². The molecular formula is C13H10Br2N2O3. The number of hydrogen-bond donors (Lipinski definition) is 4. The molecule has 2 aromatic carbocycles. The van der Waals surface area contributed by atoms with Crippen LogP contribution in [-0.4, -0.2) is 16.1 Å². The Morgan fingerprint density at radius 3 is 2.30 bits per heavy atom. The SMILES string of the molecule is Nc1cc(Br)cc(Br)c1NC(=O)c1c(O)cccc1O. The van der Waals surface area contributed by atoms with E-state index in [1.807, 2.05) is 0 Å². The number of nitrogens with one attached hydrogen (secondary N) is 1. The second-order valence-corrected chi connectivity index (χ2v) is 5.75. The van der Waals surface area contributed by atoms with Gasteiger partial charge in [-0.25, -0.2) is 0 Å². The van der Waals surface area contributed by atoms with Gasteiger partial charge in [0.1, 0.15) is 17.1 Å². The molecule has 0 saturated carbocycles. The van der Waals surface area contributed by atoms with E-state index >= 15 is 0 Å². The van der Waals surface area contributed by atoms with Crippen molar-refractivity contribution in [1.29, 1.82) is 0 Å². The van der Waals surface area contributed by atoms with E-state index < -0.39 is 5.91 Å². The molecule has 0 radical (unpaired) electrons. The van der Waals surface area contributed by atoms with Crippen LogP contribution in [0.5, 0.6) is 11.5 Å². The number of amides is 1. The van der Waals surface area contributed by atoms with Gasteiger partial charge in [-0.05, 0) is 40.2 Å². The van der Waals surface area contributed by atoms with Crippen molar-refractivity contribution in [3.8, 4) is 11.5 Å². The lowest BCUT2D eigenvalue weighted by Gasteiger charge is -2.12. The predicted octanol–water partition coefficient (Wildman–Crippen LogP) is 3.46. The summed E-state index contributed by atoms with van der Waals surface area (Å²) in [7, 11) is 0. The molecule has 5 N–H and O–H groups in total. The summed E-state index contributed by atoms with van der Waals surface area (Å²) in [6.45, 7) is 0. The third kappa shape index (κ3) is 2.88. The molecule has 104 valence electrons. The molecule has 0 aromatic heterocycles. The summed E-state index contributed by atoms with van der Waals surface area (Å²) in [5.74, 6) is -1.28. The maximum Gasteiger partial charge on any atom is 0.263 e. The first-order valence-corrected chi connectivity index (χ1v) is 7.05. The van der Waals surface area contributed by atoms with Crippen LogP contribution in [0.25, 0.3) is 0 Å². The van der Waals surface area contributed by atoms with Crippen LogP contribution in [0.2, 0.25) is 0 Å². The molecule has 0 saturated heterocycles. The molecule has 0 heterocycles. The number of benzene rings is 2. The van der Waals surface area contributed by atoms with Crippen LogP contribution in [0.4, 0.5) is 11.4 Å². The second kappa shape index (κ2) is 5.72. The number of nitrogens with two attached hydrogens (primary N) is 1. The molecule has 0 spiro atoms. The van der Waals surface area contributed by atoms with Crippen molar-refractivity contribution in [1.82, 2.24) is 0 Å². The molecule has 0 bridgehead atoms. The van der Waals surface area contributed by atoms with E-state index in [4.69, 9.17) is 5.73 Å². The number of rotatable bonds is 2. The van der Waals surface area contributed by atoms with Gasteiger partial charge in [-0.3, -0.25) is 4.79 Å². The normalized spacial score (nSPS) is 10.3. The van der Waals surface area contributed by atoms with E-state index in [0.29, 0.717) is 15.8 Å². The molecular weight excluding hydrogens is 392 g/mol. The molecule has 2 aromatic rings. The Kier molecular flexibility index (Phi) is 4.20. The van der Waals surface area contributed by atoms with Gasteiger partial charge in [-0.1, -0.05) is 22.0 Å². The van der Waals surface area contributed by atoms with Crippen molar-refractivity contribution in [2.24, 2.45) is 0 Å². The first kappa shape index (κ1) is 14.7. The number of hydrogen-bond acceptors (Lipinski definition) is 4. The van der Waals surface area contributed by atoms with Crippen LogP contribution in [0.1, 0.15) is 10.4 Å². The Hall–Kier alpha value is -1.73. The summed E-state index contributed by atoms with van der Waals surface area (Å²) in [4.78, 5) is 12.1. The Labute approximate surface area is 131 Å². The third-order valence-electron chi connectivity index (χ3n) is 2.57. The van der Waals surface area contributed by atoms with Gasteiger partial charge in [-0.15, -0.1) is 0 Å². The van der Waals surface area contributed by atoms with Crippen molar-refractivity contribution in [2.75, 3.05) is 11.1 Å². The Balaban J connectivity index is 2.38. The maximum atomic E-state index is 12.1. The van der Waals surface area contributed by atoms with E-state index in [1.54, 1.807) is 12.1 Å². The smallest absolute Gasteiger partial charge is 0.263 e. The minimum absolute atomic E-state index is 0.207. The highest BCUT2D eigenvalue weighted by Crippen LogP contribution is 2.34. The fourth-order valence-corrected chi connectivity index (χ4v) is 3.02. The predicted molar refractivity (Wildman–Crippen MR) is 84.0 cm³/mol.